The number of urea groups is 1. The van der Waals surface area contributed by atoms with E-state index >= 15 is 0 Å². The number of furan rings is 1. The third-order valence-corrected chi connectivity index (χ3v) is 2.41. The van der Waals surface area contributed by atoms with Crippen LogP contribution in [0.2, 0.25) is 0 Å². The molecular formula is C12H17N3O5. The van der Waals surface area contributed by atoms with Gasteiger partial charge in [-0.25, -0.2) is 9.59 Å². The van der Waals surface area contributed by atoms with Gasteiger partial charge < -0.3 is 25.5 Å². The normalized spacial score (nSPS) is 9.90. The fourth-order valence-corrected chi connectivity index (χ4v) is 1.49. The van der Waals surface area contributed by atoms with Gasteiger partial charge in [-0.2, -0.15) is 0 Å². The lowest BCUT2D eigenvalue weighted by Crippen LogP contribution is -2.39. The number of hydrogen-bond acceptors (Lipinski definition) is 4. The van der Waals surface area contributed by atoms with E-state index in [1.165, 1.54) is 13.0 Å². The van der Waals surface area contributed by atoms with Crippen molar-refractivity contribution < 1.29 is 23.9 Å². The average Bonchev–Trinajstić information content (AvgIpc) is 2.73. The van der Waals surface area contributed by atoms with Gasteiger partial charge in [0.05, 0.1) is 6.54 Å². The van der Waals surface area contributed by atoms with E-state index in [0.717, 1.165) is 0 Å². The summed E-state index contributed by atoms with van der Waals surface area (Å²) in [6.07, 6.45) is 0. The first-order valence-electron chi connectivity index (χ1n) is 5.99. The molecule has 0 radical (unpaired) electrons. The number of aryl methyl sites for hydroxylation is 1. The fraction of sp³-hybridized carbons (Fsp3) is 0.417. The molecule has 4 N–H and O–H groups in total. The van der Waals surface area contributed by atoms with Crippen LogP contribution in [0.3, 0.4) is 0 Å². The van der Waals surface area contributed by atoms with E-state index in [4.69, 9.17) is 9.52 Å². The number of carboxylic acid groups (broad SMARTS) is 1. The molecule has 0 bridgehead atoms. The molecule has 1 aromatic heterocycles. The van der Waals surface area contributed by atoms with Crippen LogP contribution < -0.4 is 16.0 Å². The highest BCUT2D eigenvalue weighted by molar-refractivity contribution is 5.88. The summed E-state index contributed by atoms with van der Waals surface area (Å²) >= 11 is 0. The summed E-state index contributed by atoms with van der Waals surface area (Å²) in [5, 5.41) is 16.4. The molecule has 0 saturated carbocycles. The number of amides is 3. The van der Waals surface area contributed by atoms with Gasteiger partial charge in [0.2, 0.25) is 5.91 Å². The summed E-state index contributed by atoms with van der Waals surface area (Å²) in [5.74, 6) is -0.589. The van der Waals surface area contributed by atoms with Crippen LogP contribution in [-0.4, -0.2) is 36.1 Å². The summed E-state index contributed by atoms with van der Waals surface area (Å²) in [4.78, 5) is 32.8. The molecule has 8 heteroatoms. The number of aromatic carboxylic acids is 1. The van der Waals surface area contributed by atoms with Gasteiger partial charge in [-0.1, -0.05) is 0 Å². The first-order chi connectivity index (χ1) is 9.40. The van der Waals surface area contributed by atoms with Crippen LogP contribution in [0, 0.1) is 6.92 Å². The Hall–Kier alpha value is -2.51. The van der Waals surface area contributed by atoms with Crippen molar-refractivity contribution in [3.63, 3.8) is 0 Å². The third-order valence-electron chi connectivity index (χ3n) is 2.41. The first kappa shape index (κ1) is 15.5. The molecule has 0 aromatic carbocycles. The van der Waals surface area contributed by atoms with E-state index in [9.17, 15) is 14.4 Å². The number of nitrogens with one attached hydrogen (secondary N) is 3. The van der Waals surface area contributed by atoms with Crippen LogP contribution in [0.15, 0.2) is 10.5 Å². The van der Waals surface area contributed by atoms with Crippen molar-refractivity contribution in [3.8, 4) is 0 Å². The molecule has 1 rings (SSSR count). The zero-order valence-electron chi connectivity index (χ0n) is 11.3. The molecule has 0 fully saturated rings. The van der Waals surface area contributed by atoms with E-state index in [0.29, 0.717) is 24.6 Å². The monoisotopic (exact) mass is 283 g/mol. The fourth-order valence-electron chi connectivity index (χ4n) is 1.49. The van der Waals surface area contributed by atoms with Gasteiger partial charge in [0.15, 0.2) is 0 Å². The Morgan fingerprint density at radius 1 is 1.20 bits per heavy atom. The predicted octanol–water partition coefficient (Wildman–Crippen LogP) is 0.222. The van der Waals surface area contributed by atoms with Crippen molar-refractivity contribution in [2.45, 2.75) is 20.4 Å². The minimum Gasteiger partial charge on any atom is -0.478 e. The van der Waals surface area contributed by atoms with Gasteiger partial charge in [-0.3, -0.25) is 4.79 Å². The van der Waals surface area contributed by atoms with E-state index in [2.05, 4.69) is 16.0 Å². The summed E-state index contributed by atoms with van der Waals surface area (Å²) in [6.45, 7) is 3.65. The lowest BCUT2D eigenvalue weighted by molar-refractivity contribution is -0.118. The second-order valence-corrected chi connectivity index (χ2v) is 4.08. The second kappa shape index (κ2) is 7.17. The molecular weight excluding hydrogens is 266 g/mol. The molecule has 0 aliphatic heterocycles. The number of carbonyl (C=O) groups excluding carboxylic acids is 2. The van der Waals surface area contributed by atoms with Crippen LogP contribution in [0.25, 0.3) is 0 Å². The number of rotatable bonds is 6. The van der Waals surface area contributed by atoms with Crippen LogP contribution in [0.1, 0.15) is 28.8 Å². The van der Waals surface area contributed by atoms with Crippen molar-refractivity contribution in [1.29, 1.82) is 0 Å². The summed E-state index contributed by atoms with van der Waals surface area (Å²) in [6, 6.07) is 0.941. The Labute approximate surface area is 115 Å². The van der Waals surface area contributed by atoms with E-state index < -0.39 is 12.0 Å². The summed E-state index contributed by atoms with van der Waals surface area (Å²) < 4.78 is 5.20. The zero-order valence-corrected chi connectivity index (χ0v) is 11.3. The average molecular weight is 283 g/mol. The Morgan fingerprint density at radius 3 is 2.40 bits per heavy atom. The van der Waals surface area contributed by atoms with E-state index in [1.54, 1.807) is 6.92 Å². The molecule has 20 heavy (non-hydrogen) atoms. The minimum atomic E-state index is -1.07. The standard InChI is InChI=1S/C12H17N3O5/c1-7-10(11(17)18)5-9(20-7)6-15-12(19)14-4-3-13-8(2)16/h5H,3-4,6H2,1-2H3,(H,13,16)(H,17,18)(H2,14,15,19). The molecule has 1 heterocycles. The minimum absolute atomic E-state index is 0.0767. The second-order valence-electron chi connectivity index (χ2n) is 4.08. The largest absolute Gasteiger partial charge is 0.478 e. The molecule has 0 aliphatic carbocycles. The van der Waals surface area contributed by atoms with Crippen LogP contribution >= 0.6 is 0 Å². The SMILES string of the molecule is CC(=O)NCCNC(=O)NCc1cc(C(=O)O)c(C)o1. The first-order valence-corrected chi connectivity index (χ1v) is 5.99. The molecule has 0 aliphatic rings. The number of hydrogen-bond donors (Lipinski definition) is 4. The maximum atomic E-state index is 11.4. The Balaban J connectivity index is 2.32. The van der Waals surface area contributed by atoms with Crippen molar-refractivity contribution in [1.82, 2.24) is 16.0 Å². The Bertz CT molecular complexity index is 509. The lowest BCUT2D eigenvalue weighted by atomic mass is 10.2. The maximum absolute atomic E-state index is 11.4. The molecule has 3 amide bonds. The van der Waals surface area contributed by atoms with Crippen molar-refractivity contribution in [3.05, 3.63) is 23.2 Å². The summed E-state index contributed by atoms with van der Waals surface area (Å²) in [5.41, 5.74) is 0.0767. The third kappa shape index (κ3) is 5.01. The van der Waals surface area contributed by atoms with Gasteiger partial charge in [-0.15, -0.1) is 0 Å². The highest BCUT2D eigenvalue weighted by Crippen LogP contribution is 2.14. The van der Waals surface area contributed by atoms with Gasteiger partial charge >= 0.3 is 12.0 Å². The summed E-state index contributed by atoms with van der Waals surface area (Å²) in [7, 11) is 0. The predicted molar refractivity (Wildman–Crippen MR) is 69.3 cm³/mol. The van der Waals surface area contributed by atoms with Crippen molar-refractivity contribution in [2.75, 3.05) is 13.1 Å². The highest BCUT2D eigenvalue weighted by Gasteiger charge is 2.13. The lowest BCUT2D eigenvalue weighted by Gasteiger charge is -2.06. The Kier molecular flexibility index (Phi) is 5.57. The van der Waals surface area contributed by atoms with Gasteiger partial charge in [0.1, 0.15) is 17.1 Å². The molecule has 0 saturated heterocycles. The molecule has 0 atom stereocenters. The molecule has 0 unspecified atom stereocenters. The van der Waals surface area contributed by atoms with Gasteiger partial charge in [0.25, 0.3) is 0 Å². The van der Waals surface area contributed by atoms with E-state index in [-0.39, 0.29) is 18.0 Å². The molecule has 1 aromatic rings. The smallest absolute Gasteiger partial charge is 0.339 e. The Morgan fingerprint density at radius 2 is 1.85 bits per heavy atom. The van der Waals surface area contributed by atoms with Crippen LogP contribution in [0.5, 0.6) is 0 Å². The molecule has 8 nitrogen and oxygen atoms in total. The van der Waals surface area contributed by atoms with Crippen LogP contribution in [0.4, 0.5) is 4.79 Å². The molecule has 110 valence electrons. The quantitative estimate of drug-likeness (QED) is 0.557. The van der Waals surface area contributed by atoms with Crippen LogP contribution in [-0.2, 0) is 11.3 Å². The topological polar surface area (TPSA) is 121 Å². The van der Waals surface area contributed by atoms with Gasteiger partial charge in [-0.05, 0) is 13.0 Å². The number of carbonyl (C=O) groups is 3. The highest BCUT2D eigenvalue weighted by atomic mass is 16.4. The zero-order chi connectivity index (χ0) is 15.1. The maximum Gasteiger partial charge on any atom is 0.339 e. The number of carboxylic acids is 1. The van der Waals surface area contributed by atoms with Gasteiger partial charge in [0, 0.05) is 20.0 Å². The van der Waals surface area contributed by atoms with E-state index in [1.807, 2.05) is 0 Å². The van der Waals surface area contributed by atoms with Crippen molar-refractivity contribution in [2.24, 2.45) is 0 Å². The van der Waals surface area contributed by atoms with Crippen molar-refractivity contribution >= 4 is 17.9 Å². The molecule has 0 spiro atoms.